The van der Waals surface area contributed by atoms with Crippen LogP contribution in [0.1, 0.15) is 26.3 Å². The zero-order chi connectivity index (χ0) is 23.0. The monoisotopic (exact) mass is 454 g/mol. The highest BCUT2D eigenvalue weighted by atomic mass is 32.2. The number of amides is 2. The molecule has 2 aliphatic heterocycles. The van der Waals surface area contributed by atoms with Gasteiger partial charge in [0.25, 0.3) is 5.91 Å². The van der Waals surface area contributed by atoms with Crippen molar-refractivity contribution in [2.45, 2.75) is 49.6 Å². The van der Waals surface area contributed by atoms with E-state index in [1.54, 1.807) is 24.1 Å². The number of benzene rings is 2. The van der Waals surface area contributed by atoms with Crippen molar-refractivity contribution in [3.8, 4) is 5.75 Å². The summed E-state index contributed by atoms with van der Waals surface area (Å²) in [7, 11) is 1.59. The van der Waals surface area contributed by atoms with Crippen LogP contribution in [0.4, 0.5) is 5.69 Å². The SMILES string of the molecule is COc1ccc(COC(=O)[C@@H]2N3C(=O)[C@@H](N(C(C)=O)c4ccccc4)[C@H]3SC2(C)C)cc1. The predicted molar refractivity (Wildman–Crippen MR) is 122 cm³/mol. The lowest BCUT2D eigenvalue weighted by atomic mass is 9.94. The number of carbonyl (C=O) groups is 3. The van der Waals surface area contributed by atoms with Gasteiger partial charge in [-0.25, -0.2) is 4.79 Å². The van der Waals surface area contributed by atoms with Gasteiger partial charge >= 0.3 is 5.97 Å². The highest BCUT2D eigenvalue weighted by molar-refractivity contribution is 8.01. The highest BCUT2D eigenvalue weighted by Crippen LogP contribution is 2.52. The average Bonchev–Trinajstić information content (AvgIpc) is 3.03. The van der Waals surface area contributed by atoms with Crippen LogP contribution in [0.15, 0.2) is 54.6 Å². The van der Waals surface area contributed by atoms with Gasteiger partial charge in [0.1, 0.15) is 29.8 Å². The first kappa shape index (κ1) is 22.2. The van der Waals surface area contributed by atoms with Crippen molar-refractivity contribution >= 4 is 35.2 Å². The zero-order valence-electron chi connectivity index (χ0n) is 18.5. The molecular formula is C24H26N2O5S. The van der Waals surface area contributed by atoms with Crippen molar-refractivity contribution in [1.29, 1.82) is 0 Å². The van der Waals surface area contributed by atoms with E-state index in [9.17, 15) is 14.4 Å². The van der Waals surface area contributed by atoms with Gasteiger partial charge in [-0.3, -0.25) is 14.5 Å². The Morgan fingerprint density at radius 1 is 1.09 bits per heavy atom. The first-order chi connectivity index (χ1) is 15.2. The minimum Gasteiger partial charge on any atom is -0.497 e. The Bertz CT molecular complexity index is 1020. The van der Waals surface area contributed by atoms with E-state index in [1.807, 2.05) is 56.3 Å². The van der Waals surface area contributed by atoms with Gasteiger partial charge in [0, 0.05) is 17.4 Å². The molecule has 168 valence electrons. The van der Waals surface area contributed by atoms with Crippen molar-refractivity contribution in [3.05, 3.63) is 60.2 Å². The molecule has 0 aliphatic carbocycles. The summed E-state index contributed by atoms with van der Waals surface area (Å²) in [5.41, 5.74) is 1.50. The maximum absolute atomic E-state index is 13.2. The topological polar surface area (TPSA) is 76.2 Å². The van der Waals surface area contributed by atoms with E-state index < -0.39 is 22.8 Å². The summed E-state index contributed by atoms with van der Waals surface area (Å²) < 4.78 is 10.2. The van der Waals surface area contributed by atoms with Gasteiger partial charge in [0.2, 0.25) is 5.91 Å². The standard InChI is InChI=1S/C24H26N2O5S/c1-15(27)25(17-8-6-5-7-9-17)19-21(28)26-20(24(2,3)32-22(19)26)23(29)31-14-16-10-12-18(30-4)13-11-16/h5-13,19-20,22H,14H2,1-4H3/t19-,20+,22-/m1/s1. The van der Waals surface area contributed by atoms with Crippen molar-refractivity contribution in [1.82, 2.24) is 4.90 Å². The molecular weight excluding hydrogens is 428 g/mol. The Balaban J connectivity index is 1.50. The molecule has 0 saturated carbocycles. The molecule has 2 amide bonds. The second kappa shape index (κ2) is 8.50. The minimum atomic E-state index is -0.718. The summed E-state index contributed by atoms with van der Waals surface area (Å²) >= 11 is 1.53. The largest absolute Gasteiger partial charge is 0.497 e. The molecule has 2 aromatic carbocycles. The van der Waals surface area contributed by atoms with Crippen molar-refractivity contribution in [2.24, 2.45) is 0 Å². The Morgan fingerprint density at radius 3 is 2.34 bits per heavy atom. The number of hydrogen-bond donors (Lipinski definition) is 0. The Labute approximate surface area is 191 Å². The third-order valence-corrected chi connectivity index (χ3v) is 7.39. The maximum atomic E-state index is 13.2. The summed E-state index contributed by atoms with van der Waals surface area (Å²) in [5.74, 6) is -0.166. The normalized spacial score (nSPS) is 23.2. The number of methoxy groups -OCH3 is 1. The number of nitrogens with zero attached hydrogens (tertiary/aromatic N) is 2. The first-order valence-electron chi connectivity index (χ1n) is 10.4. The van der Waals surface area contributed by atoms with Crippen LogP contribution in [-0.2, 0) is 25.7 Å². The number of anilines is 1. The number of ether oxygens (including phenoxy) is 2. The van der Waals surface area contributed by atoms with Gasteiger partial charge < -0.3 is 14.4 Å². The zero-order valence-corrected chi connectivity index (χ0v) is 19.3. The number of β-lactam (4-membered cyclic amide) rings is 1. The van der Waals surface area contributed by atoms with E-state index in [4.69, 9.17) is 9.47 Å². The number of thioether (sulfide) groups is 1. The average molecular weight is 455 g/mol. The second-order valence-corrected chi connectivity index (χ2v) is 10.2. The lowest BCUT2D eigenvalue weighted by Crippen LogP contribution is -2.71. The van der Waals surface area contributed by atoms with Gasteiger partial charge in [0.15, 0.2) is 0 Å². The summed E-state index contributed by atoms with van der Waals surface area (Å²) in [6.07, 6.45) is 0. The molecule has 2 heterocycles. The summed E-state index contributed by atoms with van der Waals surface area (Å²) in [4.78, 5) is 41.8. The third-order valence-electron chi connectivity index (χ3n) is 5.83. The molecule has 0 bridgehead atoms. The van der Waals surface area contributed by atoms with Crippen molar-refractivity contribution < 1.29 is 23.9 Å². The summed E-state index contributed by atoms with van der Waals surface area (Å²) in [6, 6.07) is 15.1. The molecule has 4 rings (SSSR count). The van der Waals surface area contributed by atoms with Crippen molar-refractivity contribution in [2.75, 3.05) is 12.0 Å². The molecule has 3 atom stereocenters. The van der Waals surface area contributed by atoms with Crippen LogP contribution in [0.2, 0.25) is 0 Å². The second-order valence-electron chi connectivity index (χ2n) is 8.39. The van der Waals surface area contributed by atoms with E-state index in [0.717, 1.165) is 11.3 Å². The van der Waals surface area contributed by atoms with Crippen LogP contribution in [-0.4, -0.2) is 52.0 Å². The molecule has 7 nitrogen and oxygen atoms in total. The number of carbonyl (C=O) groups excluding carboxylic acids is 3. The summed E-state index contributed by atoms with van der Waals surface area (Å²) in [6.45, 7) is 5.43. The molecule has 2 saturated heterocycles. The first-order valence-corrected chi connectivity index (χ1v) is 11.3. The molecule has 2 aromatic rings. The van der Waals surface area contributed by atoms with Gasteiger partial charge in [-0.1, -0.05) is 30.3 Å². The van der Waals surface area contributed by atoms with Crippen molar-refractivity contribution in [3.63, 3.8) is 0 Å². The van der Waals surface area contributed by atoms with E-state index in [2.05, 4.69) is 0 Å². The molecule has 0 unspecified atom stereocenters. The van der Waals surface area contributed by atoms with E-state index in [0.29, 0.717) is 5.69 Å². The lowest BCUT2D eigenvalue weighted by Gasteiger charge is -2.48. The Morgan fingerprint density at radius 2 is 1.75 bits per heavy atom. The number of esters is 1. The minimum absolute atomic E-state index is 0.111. The summed E-state index contributed by atoms with van der Waals surface area (Å²) in [5, 5.41) is -0.305. The molecule has 0 radical (unpaired) electrons. The lowest BCUT2D eigenvalue weighted by molar-refractivity contribution is -0.164. The van der Waals surface area contributed by atoms with Gasteiger partial charge in [-0.2, -0.15) is 0 Å². The van der Waals surface area contributed by atoms with Crippen LogP contribution in [0, 0.1) is 0 Å². The molecule has 0 aromatic heterocycles. The molecule has 2 aliphatic rings. The van der Waals surface area contributed by atoms with Crippen LogP contribution >= 0.6 is 11.8 Å². The third kappa shape index (κ3) is 3.83. The Hall–Kier alpha value is -3.00. The fourth-order valence-corrected chi connectivity index (χ4v) is 5.96. The van der Waals surface area contributed by atoms with Crippen LogP contribution < -0.4 is 9.64 Å². The van der Waals surface area contributed by atoms with Crippen LogP contribution in [0.3, 0.4) is 0 Å². The fourth-order valence-electron chi connectivity index (χ4n) is 4.29. The fraction of sp³-hybridized carbons (Fsp3) is 0.375. The van der Waals surface area contributed by atoms with E-state index in [1.165, 1.54) is 23.6 Å². The number of fused-ring (bicyclic) bond motifs is 1. The molecule has 0 spiro atoms. The van der Waals surface area contributed by atoms with Crippen LogP contribution in [0.25, 0.3) is 0 Å². The predicted octanol–water partition coefficient (Wildman–Crippen LogP) is 3.22. The number of rotatable bonds is 6. The number of hydrogen-bond acceptors (Lipinski definition) is 6. The van der Waals surface area contributed by atoms with Crippen LogP contribution in [0.5, 0.6) is 5.75 Å². The van der Waals surface area contributed by atoms with Gasteiger partial charge in [0.05, 0.1) is 7.11 Å². The van der Waals surface area contributed by atoms with Gasteiger partial charge in [-0.05, 0) is 43.7 Å². The quantitative estimate of drug-likeness (QED) is 0.493. The van der Waals surface area contributed by atoms with Gasteiger partial charge in [-0.15, -0.1) is 11.8 Å². The molecule has 32 heavy (non-hydrogen) atoms. The highest BCUT2D eigenvalue weighted by Gasteiger charge is 2.66. The van der Waals surface area contributed by atoms with E-state index >= 15 is 0 Å². The Kier molecular flexibility index (Phi) is 5.90. The smallest absolute Gasteiger partial charge is 0.330 e. The number of para-hydroxylation sites is 1. The molecule has 2 fully saturated rings. The molecule has 0 N–H and O–H groups in total. The molecule has 8 heteroatoms. The van der Waals surface area contributed by atoms with E-state index in [-0.39, 0.29) is 23.8 Å². The maximum Gasteiger partial charge on any atom is 0.330 e.